The third-order valence-corrected chi connectivity index (χ3v) is 4.95. The van der Waals surface area contributed by atoms with E-state index >= 15 is 0 Å². The van der Waals surface area contributed by atoms with Crippen molar-refractivity contribution in [3.63, 3.8) is 0 Å². The zero-order valence-electron chi connectivity index (χ0n) is 12.5. The van der Waals surface area contributed by atoms with Gasteiger partial charge in [0, 0.05) is 44.6 Å². The molecule has 1 N–H and O–H groups in total. The van der Waals surface area contributed by atoms with Crippen molar-refractivity contribution < 1.29 is 4.92 Å². The number of aromatic amines is 1. The van der Waals surface area contributed by atoms with Crippen LogP contribution in [0.25, 0.3) is 33.1 Å². The number of nitro benzene ring substituents is 1. The van der Waals surface area contributed by atoms with Gasteiger partial charge in [0.2, 0.25) is 0 Å². The molecule has 2 aromatic carbocycles. The summed E-state index contributed by atoms with van der Waals surface area (Å²) in [5, 5.41) is 13.4. The number of nitro groups is 1. The van der Waals surface area contributed by atoms with E-state index in [9.17, 15) is 10.1 Å². The molecule has 0 saturated heterocycles. The van der Waals surface area contributed by atoms with E-state index in [0.717, 1.165) is 43.1 Å². The molecular weight excluding hydrogens is 417 g/mol. The quantitative estimate of drug-likeness (QED) is 0.210. The summed E-state index contributed by atoms with van der Waals surface area (Å²) in [6.45, 7) is 0. The highest BCUT2D eigenvalue weighted by Gasteiger charge is 2.16. The Morgan fingerprint density at radius 2 is 1.96 bits per heavy atom. The highest BCUT2D eigenvalue weighted by molar-refractivity contribution is 14.1. The van der Waals surface area contributed by atoms with Crippen molar-refractivity contribution in [1.82, 2.24) is 9.97 Å². The van der Waals surface area contributed by atoms with E-state index in [2.05, 4.69) is 38.6 Å². The van der Waals surface area contributed by atoms with Crippen LogP contribution in [-0.4, -0.2) is 14.9 Å². The van der Waals surface area contributed by atoms with Gasteiger partial charge in [-0.2, -0.15) is 0 Å². The zero-order chi connectivity index (χ0) is 16.7. The van der Waals surface area contributed by atoms with E-state index in [0.29, 0.717) is 0 Å². The fraction of sp³-hybridized carbons (Fsp3) is 0.0556. The van der Waals surface area contributed by atoms with Gasteiger partial charge in [-0.15, -0.1) is 0 Å². The van der Waals surface area contributed by atoms with Crippen LogP contribution < -0.4 is 0 Å². The lowest BCUT2D eigenvalue weighted by Crippen LogP contribution is -1.94. The molecule has 5 nitrogen and oxygen atoms in total. The minimum absolute atomic E-state index is 0.0773. The second-order valence-electron chi connectivity index (χ2n) is 5.48. The van der Waals surface area contributed by atoms with Crippen molar-refractivity contribution >= 4 is 50.1 Å². The standard InChI is InChI=1S/C18H12IN3O2/c19-10-11-5-6-12(22(23)24)9-15(11)17-18-14(7-8-20-17)13-3-1-2-4-16(13)21-18/h1-9,21H,10H2. The first-order valence-corrected chi connectivity index (χ1v) is 8.90. The van der Waals surface area contributed by atoms with Gasteiger partial charge in [0.05, 0.1) is 16.1 Å². The number of pyridine rings is 1. The summed E-state index contributed by atoms with van der Waals surface area (Å²) in [4.78, 5) is 18.7. The fourth-order valence-electron chi connectivity index (χ4n) is 2.99. The highest BCUT2D eigenvalue weighted by atomic mass is 127. The van der Waals surface area contributed by atoms with E-state index in [4.69, 9.17) is 0 Å². The molecule has 0 spiro atoms. The Balaban J connectivity index is 2.06. The second-order valence-corrected chi connectivity index (χ2v) is 6.25. The lowest BCUT2D eigenvalue weighted by Gasteiger charge is -2.08. The maximum Gasteiger partial charge on any atom is 0.270 e. The number of H-pyrrole nitrogens is 1. The topological polar surface area (TPSA) is 71.8 Å². The molecule has 0 fully saturated rings. The van der Waals surface area contributed by atoms with Crippen LogP contribution in [0.4, 0.5) is 5.69 Å². The number of nitrogens with one attached hydrogen (secondary N) is 1. The number of benzene rings is 2. The van der Waals surface area contributed by atoms with Gasteiger partial charge in [0.25, 0.3) is 5.69 Å². The minimum atomic E-state index is -0.369. The number of fused-ring (bicyclic) bond motifs is 3. The van der Waals surface area contributed by atoms with Crippen molar-refractivity contribution in [2.24, 2.45) is 0 Å². The van der Waals surface area contributed by atoms with Gasteiger partial charge in [-0.3, -0.25) is 15.1 Å². The van der Waals surface area contributed by atoms with Crippen molar-refractivity contribution in [3.05, 3.63) is 70.4 Å². The number of halogens is 1. The molecule has 24 heavy (non-hydrogen) atoms. The van der Waals surface area contributed by atoms with E-state index in [1.807, 2.05) is 30.3 Å². The molecule has 0 radical (unpaired) electrons. The Morgan fingerprint density at radius 3 is 2.75 bits per heavy atom. The van der Waals surface area contributed by atoms with Gasteiger partial charge in [0.1, 0.15) is 0 Å². The normalized spacial score (nSPS) is 11.2. The van der Waals surface area contributed by atoms with Crippen LogP contribution in [0.1, 0.15) is 5.56 Å². The smallest absolute Gasteiger partial charge is 0.270 e. The molecule has 6 heteroatoms. The van der Waals surface area contributed by atoms with Crippen molar-refractivity contribution in [2.75, 3.05) is 0 Å². The zero-order valence-corrected chi connectivity index (χ0v) is 14.6. The van der Waals surface area contributed by atoms with Gasteiger partial charge in [-0.05, 0) is 17.7 Å². The van der Waals surface area contributed by atoms with Crippen LogP contribution in [0.3, 0.4) is 0 Å². The largest absolute Gasteiger partial charge is 0.353 e. The van der Waals surface area contributed by atoms with Crippen molar-refractivity contribution in [1.29, 1.82) is 0 Å². The van der Waals surface area contributed by atoms with Gasteiger partial charge < -0.3 is 4.98 Å². The maximum absolute atomic E-state index is 11.2. The van der Waals surface area contributed by atoms with Crippen LogP contribution in [-0.2, 0) is 4.43 Å². The minimum Gasteiger partial charge on any atom is -0.353 e. The van der Waals surface area contributed by atoms with Crippen LogP contribution in [0, 0.1) is 10.1 Å². The number of hydrogen-bond donors (Lipinski definition) is 1. The average Bonchev–Trinajstić information content (AvgIpc) is 3.00. The lowest BCUT2D eigenvalue weighted by atomic mass is 10.0. The number of non-ortho nitro benzene ring substituents is 1. The number of nitrogens with zero attached hydrogens (tertiary/aromatic N) is 2. The number of rotatable bonds is 3. The number of hydrogen-bond acceptors (Lipinski definition) is 3. The first-order valence-electron chi connectivity index (χ1n) is 7.38. The predicted molar refractivity (Wildman–Crippen MR) is 103 cm³/mol. The molecule has 0 amide bonds. The third kappa shape index (κ3) is 2.34. The molecule has 0 aliphatic rings. The van der Waals surface area contributed by atoms with Crippen LogP contribution in [0.2, 0.25) is 0 Å². The molecular formula is C18H12IN3O2. The predicted octanol–water partition coefficient (Wildman–Crippen LogP) is 5.23. The molecule has 0 saturated carbocycles. The monoisotopic (exact) mass is 429 g/mol. The van der Waals surface area contributed by atoms with E-state index < -0.39 is 0 Å². The molecule has 0 atom stereocenters. The lowest BCUT2D eigenvalue weighted by molar-refractivity contribution is -0.384. The Bertz CT molecular complexity index is 1090. The van der Waals surface area contributed by atoms with Crippen LogP contribution in [0.15, 0.2) is 54.7 Å². The second kappa shape index (κ2) is 5.86. The van der Waals surface area contributed by atoms with Crippen LogP contribution in [0.5, 0.6) is 0 Å². The maximum atomic E-state index is 11.2. The summed E-state index contributed by atoms with van der Waals surface area (Å²) >= 11 is 2.26. The summed E-state index contributed by atoms with van der Waals surface area (Å²) in [5.74, 6) is 0. The highest BCUT2D eigenvalue weighted by Crippen LogP contribution is 2.35. The Kier molecular flexibility index (Phi) is 3.68. The van der Waals surface area contributed by atoms with E-state index in [1.54, 1.807) is 18.3 Å². The molecule has 2 aromatic heterocycles. The molecule has 118 valence electrons. The van der Waals surface area contributed by atoms with Crippen molar-refractivity contribution in [3.8, 4) is 11.3 Å². The van der Waals surface area contributed by atoms with Gasteiger partial charge in [0.15, 0.2) is 0 Å². The number of para-hydroxylation sites is 1. The summed E-state index contributed by atoms with van der Waals surface area (Å²) in [6, 6.07) is 15.0. The SMILES string of the molecule is O=[N+]([O-])c1ccc(CI)c(-c2nccc3c2[nH]c2ccccc23)c1. The molecule has 4 rings (SSSR count). The summed E-state index contributed by atoms with van der Waals surface area (Å²) < 4.78 is 0.753. The Hall–Kier alpha value is -2.48. The Morgan fingerprint density at radius 1 is 1.12 bits per heavy atom. The first kappa shape index (κ1) is 15.1. The molecule has 0 aliphatic heterocycles. The molecule has 0 aliphatic carbocycles. The van der Waals surface area contributed by atoms with Crippen LogP contribution >= 0.6 is 22.6 Å². The van der Waals surface area contributed by atoms with Gasteiger partial charge in [-0.1, -0.05) is 46.9 Å². The third-order valence-electron chi connectivity index (χ3n) is 4.13. The van der Waals surface area contributed by atoms with Crippen molar-refractivity contribution in [2.45, 2.75) is 4.43 Å². The Labute approximate surface area is 151 Å². The van der Waals surface area contributed by atoms with Gasteiger partial charge >= 0.3 is 0 Å². The average molecular weight is 429 g/mol. The van der Waals surface area contributed by atoms with E-state index in [-0.39, 0.29) is 10.6 Å². The molecule has 0 bridgehead atoms. The fourth-order valence-corrected chi connectivity index (χ4v) is 3.66. The van der Waals surface area contributed by atoms with E-state index in [1.165, 1.54) is 0 Å². The summed E-state index contributed by atoms with van der Waals surface area (Å²) in [7, 11) is 0. The molecule has 2 heterocycles. The summed E-state index contributed by atoms with van der Waals surface area (Å²) in [5.41, 5.74) is 4.59. The summed E-state index contributed by atoms with van der Waals surface area (Å²) in [6.07, 6.45) is 1.76. The molecule has 4 aromatic rings. The first-order chi connectivity index (χ1) is 11.7. The number of aromatic nitrogens is 2. The molecule has 0 unspecified atom stereocenters. The van der Waals surface area contributed by atoms with Gasteiger partial charge in [-0.25, -0.2) is 0 Å². The number of alkyl halides is 1.